The average Bonchev–Trinajstić information content (AvgIpc) is 2.87. The highest BCUT2D eigenvalue weighted by atomic mass is 16.5. The fraction of sp³-hybridized carbons (Fsp3) is 0.818. The summed E-state index contributed by atoms with van der Waals surface area (Å²) in [6.07, 6.45) is 11.6. The van der Waals surface area contributed by atoms with Gasteiger partial charge in [-0.05, 0) is 58.4 Å². The van der Waals surface area contributed by atoms with E-state index >= 15 is 0 Å². The maximum Gasteiger partial charge on any atom is 0.191 e. The van der Waals surface area contributed by atoms with Crippen molar-refractivity contribution >= 4 is 5.96 Å². The Hall–Kier alpha value is -1.56. The van der Waals surface area contributed by atoms with E-state index in [4.69, 9.17) is 4.74 Å². The quantitative estimate of drug-likeness (QED) is 0.292. The molecular weight excluding hydrogens is 350 g/mol. The smallest absolute Gasteiger partial charge is 0.191 e. The molecule has 0 aromatic carbocycles. The minimum Gasteiger partial charge on any atom is -0.378 e. The van der Waals surface area contributed by atoms with Crippen molar-refractivity contribution in [1.29, 1.82) is 0 Å². The SMILES string of the molecule is CN=C(NCCCCOC1CCCCCC1)NC(C)Cc1c(C)nn(C)c1C. The lowest BCUT2D eigenvalue weighted by atomic mass is 10.1. The molecule has 0 saturated heterocycles. The Morgan fingerprint density at radius 1 is 1.21 bits per heavy atom. The van der Waals surface area contributed by atoms with Gasteiger partial charge in [-0.3, -0.25) is 9.67 Å². The Kier molecular flexibility index (Phi) is 9.82. The number of ether oxygens (including phenoxy) is 1. The Morgan fingerprint density at radius 2 is 1.93 bits per heavy atom. The Labute approximate surface area is 171 Å². The van der Waals surface area contributed by atoms with Crippen LogP contribution in [0.15, 0.2) is 4.99 Å². The summed E-state index contributed by atoms with van der Waals surface area (Å²) in [6.45, 7) is 8.21. The zero-order chi connectivity index (χ0) is 20.4. The molecule has 1 aromatic rings. The third kappa shape index (κ3) is 7.46. The van der Waals surface area contributed by atoms with Crippen LogP contribution in [0.1, 0.15) is 75.2 Å². The predicted molar refractivity (Wildman–Crippen MR) is 117 cm³/mol. The largest absolute Gasteiger partial charge is 0.378 e. The molecule has 1 atom stereocenters. The highest BCUT2D eigenvalue weighted by Crippen LogP contribution is 2.20. The van der Waals surface area contributed by atoms with Crippen LogP contribution >= 0.6 is 0 Å². The predicted octanol–water partition coefficient (Wildman–Crippen LogP) is 3.65. The first-order valence-electron chi connectivity index (χ1n) is 11.1. The van der Waals surface area contributed by atoms with Crippen molar-refractivity contribution in [2.45, 2.75) is 90.7 Å². The van der Waals surface area contributed by atoms with Crippen LogP contribution in [0, 0.1) is 13.8 Å². The molecule has 1 aliphatic carbocycles. The molecule has 6 heteroatoms. The molecule has 1 unspecified atom stereocenters. The zero-order valence-electron chi connectivity index (χ0n) is 18.7. The van der Waals surface area contributed by atoms with Gasteiger partial charge in [0.25, 0.3) is 0 Å². The van der Waals surface area contributed by atoms with Crippen molar-refractivity contribution < 1.29 is 4.74 Å². The van der Waals surface area contributed by atoms with Crippen LogP contribution in [0.4, 0.5) is 0 Å². The number of guanidine groups is 1. The molecule has 6 nitrogen and oxygen atoms in total. The number of hydrogen-bond acceptors (Lipinski definition) is 3. The second kappa shape index (κ2) is 12.1. The normalized spacial score (nSPS) is 17.4. The van der Waals surface area contributed by atoms with Crippen LogP contribution in [0.5, 0.6) is 0 Å². The number of nitrogens with one attached hydrogen (secondary N) is 2. The van der Waals surface area contributed by atoms with Crippen LogP contribution in [-0.2, 0) is 18.2 Å². The minimum absolute atomic E-state index is 0.298. The van der Waals surface area contributed by atoms with Gasteiger partial charge in [0, 0.05) is 39.0 Å². The lowest BCUT2D eigenvalue weighted by Crippen LogP contribution is -2.43. The number of aromatic nitrogens is 2. The van der Waals surface area contributed by atoms with Crippen LogP contribution in [0.25, 0.3) is 0 Å². The van der Waals surface area contributed by atoms with Crippen molar-refractivity contribution in [2.75, 3.05) is 20.2 Å². The van der Waals surface area contributed by atoms with E-state index < -0.39 is 0 Å². The lowest BCUT2D eigenvalue weighted by Gasteiger charge is -2.18. The molecule has 160 valence electrons. The van der Waals surface area contributed by atoms with Crippen molar-refractivity contribution in [3.05, 3.63) is 17.0 Å². The second-order valence-corrected chi connectivity index (χ2v) is 8.21. The number of aryl methyl sites for hydroxylation is 2. The van der Waals surface area contributed by atoms with Crippen molar-refractivity contribution in [2.24, 2.45) is 12.0 Å². The third-order valence-corrected chi connectivity index (χ3v) is 5.80. The van der Waals surface area contributed by atoms with E-state index in [1.165, 1.54) is 49.8 Å². The maximum absolute atomic E-state index is 6.07. The Morgan fingerprint density at radius 3 is 2.54 bits per heavy atom. The maximum atomic E-state index is 6.07. The van der Waals surface area contributed by atoms with Crippen molar-refractivity contribution in [1.82, 2.24) is 20.4 Å². The summed E-state index contributed by atoms with van der Waals surface area (Å²) in [7, 11) is 3.84. The zero-order valence-corrected chi connectivity index (χ0v) is 18.7. The van der Waals surface area contributed by atoms with Crippen LogP contribution in [-0.4, -0.2) is 48.1 Å². The molecule has 0 radical (unpaired) electrons. The monoisotopic (exact) mass is 391 g/mol. The fourth-order valence-corrected chi connectivity index (χ4v) is 3.99. The van der Waals surface area contributed by atoms with E-state index in [9.17, 15) is 0 Å². The molecule has 1 aromatic heterocycles. The summed E-state index contributed by atoms with van der Waals surface area (Å²) >= 11 is 0. The molecule has 0 amide bonds. The molecule has 2 rings (SSSR count). The number of rotatable bonds is 9. The van der Waals surface area contributed by atoms with Gasteiger partial charge < -0.3 is 15.4 Å². The van der Waals surface area contributed by atoms with Gasteiger partial charge in [-0.15, -0.1) is 0 Å². The summed E-state index contributed by atoms with van der Waals surface area (Å²) in [5.41, 5.74) is 3.68. The first kappa shape index (κ1) is 22.7. The van der Waals surface area contributed by atoms with Gasteiger partial charge in [0.1, 0.15) is 0 Å². The Balaban J connectivity index is 1.61. The van der Waals surface area contributed by atoms with Crippen LogP contribution in [0.3, 0.4) is 0 Å². The molecule has 2 N–H and O–H groups in total. The standard InChI is InChI=1S/C22H41N5O/c1-17(16-21-18(2)26-27(5)19(21)3)25-22(23-4)24-14-10-11-15-28-20-12-8-6-7-9-13-20/h17,20H,6-16H2,1-5H3,(H2,23,24,25). The van der Waals surface area contributed by atoms with Crippen LogP contribution in [0.2, 0.25) is 0 Å². The molecule has 0 aliphatic heterocycles. The van der Waals surface area contributed by atoms with Gasteiger partial charge in [-0.2, -0.15) is 5.10 Å². The summed E-state index contributed by atoms with van der Waals surface area (Å²) in [4.78, 5) is 4.36. The topological polar surface area (TPSA) is 63.5 Å². The Bertz CT molecular complexity index is 602. The summed E-state index contributed by atoms with van der Waals surface area (Å²) in [5, 5.41) is 11.4. The van der Waals surface area contributed by atoms with E-state index in [2.05, 4.69) is 41.5 Å². The summed E-state index contributed by atoms with van der Waals surface area (Å²) < 4.78 is 8.03. The van der Waals surface area contributed by atoms with Gasteiger partial charge in [0.05, 0.1) is 11.8 Å². The van der Waals surface area contributed by atoms with Gasteiger partial charge in [-0.25, -0.2) is 0 Å². The van der Waals surface area contributed by atoms with E-state index in [0.29, 0.717) is 12.1 Å². The van der Waals surface area contributed by atoms with Crippen LogP contribution < -0.4 is 10.6 Å². The number of hydrogen-bond donors (Lipinski definition) is 2. The highest BCUT2D eigenvalue weighted by Gasteiger charge is 2.14. The van der Waals surface area contributed by atoms with Crippen molar-refractivity contribution in [3.63, 3.8) is 0 Å². The molecule has 1 saturated carbocycles. The third-order valence-electron chi connectivity index (χ3n) is 5.80. The molecule has 28 heavy (non-hydrogen) atoms. The first-order valence-corrected chi connectivity index (χ1v) is 11.1. The molecule has 0 bridgehead atoms. The average molecular weight is 392 g/mol. The van der Waals surface area contributed by atoms with E-state index in [1.54, 1.807) is 0 Å². The summed E-state index contributed by atoms with van der Waals surface area (Å²) in [5.74, 6) is 0.872. The molecular formula is C22H41N5O. The highest BCUT2D eigenvalue weighted by molar-refractivity contribution is 5.79. The number of unbranched alkanes of at least 4 members (excludes halogenated alkanes) is 1. The number of aliphatic imine (C=N–C) groups is 1. The molecule has 0 spiro atoms. The lowest BCUT2D eigenvalue weighted by molar-refractivity contribution is 0.0411. The van der Waals surface area contributed by atoms with Crippen molar-refractivity contribution in [3.8, 4) is 0 Å². The first-order chi connectivity index (χ1) is 13.5. The van der Waals surface area contributed by atoms with Gasteiger partial charge in [0.15, 0.2) is 5.96 Å². The van der Waals surface area contributed by atoms with Gasteiger partial charge in [-0.1, -0.05) is 25.7 Å². The summed E-state index contributed by atoms with van der Waals surface area (Å²) in [6, 6.07) is 0.298. The van der Waals surface area contributed by atoms with Gasteiger partial charge >= 0.3 is 0 Å². The number of nitrogens with zero attached hydrogens (tertiary/aromatic N) is 3. The van der Waals surface area contributed by atoms with E-state index in [0.717, 1.165) is 44.1 Å². The van der Waals surface area contributed by atoms with E-state index in [-0.39, 0.29) is 0 Å². The fourth-order valence-electron chi connectivity index (χ4n) is 3.99. The van der Waals surface area contributed by atoms with Gasteiger partial charge in [0.2, 0.25) is 0 Å². The molecule has 1 fully saturated rings. The second-order valence-electron chi connectivity index (χ2n) is 8.21. The molecule has 1 aliphatic rings. The minimum atomic E-state index is 0.298. The molecule has 1 heterocycles. The van der Waals surface area contributed by atoms with E-state index in [1.807, 2.05) is 18.8 Å².